The summed E-state index contributed by atoms with van der Waals surface area (Å²) in [6, 6.07) is 8.89. The average molecular weight is 327 g/mol. The molecule has 0 radical (unpaired) electrons. The lowest BCUT2D eigenvalue weighted by atomic mass is 10.0. The summed E-state index contributed by atoms with van der Waals surface area (Å²) in [6.45, 7) is 0.719. The second-order valence-corrected chi connectivity index (χ2v) is 6.05. The molecule has 24 heavy (non-hydrogen) atoms. The van der Waals surface area contributed by atoms with Gasteiger partial charge in [-0.05, 0) is 48.7 Å². The molecule has 1 aliphatic rings. The maximum absolute atomic E-state index is 12.5. The van der Waals surface area contributed by atoms with Crippen LogP contribution < -0.4 is 4.74 Å². The molecule has 1 amide bonds. The molecule has 2 aromatic rings. The Morgan fingerprint density at radius 3 is 2.71 bits per heavy atom. The molecular formula is C19H21NO4. The molecule has 1 aromatic carbocycles. The minimum Gasteiger partial charge on any atom is -0.497 e. The quantitative estimate of drug-likeness (QED) is 0.765. The first kappa shape index (κ1) is 16.3. The van der Waals surface area contributed by atoms with Gasteiger partial charge in [0.15, 0.2) is 5.78 Å². The van der Waals surface area contributed by atoms with Gasteiger partial charge in [0.2, 0.25) is 5.91 Å². The predicted octanol–water partition coefficient (Wildman–Crippen LogP) is 3.09. The van der Waals surface area contributed by atoms with Gasteiger partial charge in [-0.3, -0.25) is 9.59 Å². The van der Waals surface area contributed by atoms with Crippen molar-refractivity contribution in [3.63, 3.8) is 0 Å². The first-order chi connectivity index (χ1) is 11.7. The number of hydrogen-bond donors (Lipinski definition) is 0. The van der Waals surface area contributed by atoms with Crippen molar-refractivity contribution < 1.29 is 18.7 Å². The first-order valence-corrected chi connectivity index (χ1v) is 8.15. The van der Waals surface area contributed by atoms with Crippen LogP contribution in [0.3, 0.4) is 0 Å². The molecule has 0 aliphatic carbocycles. The highest BCUT2D eigenvalue weighted by Crippen LogP contribution is 2.23. The van der Waals surface area contributed by atoms with E-state index in [9.17, 15) is 9.59 Å². The molecule has 1 saturated heterocycles. The lowest BCUT2D eigenvalue weighted by molar-refractivity contribution is -0.131. The maximum atomic E-state index is 12.5. The van der Waals surface area contributed by atoms with Crippen LogP contribution in [0.2, 0.25) is 0 Å². The number of methoxy groups -OCH3 is 1. The van der Waals surface area contributed by atoms with Crippen LogP contribution >= 0.6 is 0 Å². The average Bonchev–Trinajstić information content (AvgIpc) is 3.26. The third-order valence-electron chi connectivity index (χ3n) is 4.47. The summed E-state index contributed by atoms with van der Waals surface area (Å²) in [5, 5.41) is 0. The van der Waals surface area contributed by atoms with Crippen LogP contribution in [-0.2, 0) is 11.2 Å². The zero-order chi connectivity index (χ0) is 16.9. The molecule has 3 rings (SSSR count). The van der Waals surface area contributed by atoms with Crippen molar-refractivity contribution in [2.75, 3.05) is 13.7 Å². The number of likely N-dealkylation sites (tertiary alicyclic amines) is 1. The van der Waals surface area contributed by atoms with E-state index >= 15 is 0 Å². The van der Waals surface area contributed by atoms with Gasteiger partial charge in [0.25, 0.3) is 0 Å². The minimum absolute atomic E-state index is 0.0148. The standard InChI is InChI=1S/C19H21NO4/c1-23-17-6-4-15(5-7-17)18(21)12-16-3-2-9-20(16)19(22)11-14-8-10-24-13-14/h4-8,10,13,16H,2-3,9,11-12H2,1H3/t16-/m0/s1. The van der Waals surface area contributed by atoms with Crippen LogP contribution in [0.25, 0.3) is 0 Å². The zero-order valence-corrected chi connectivity index (χ0v) is 13.7. The molecule has 1 aliphatic heterocycles. The maximum Gasteiger partial charge on any atom is 0.227 e. The van der Waals surface area contributed by atoms with Crippen LogP contribution in [0, 0.1) is 0 Å². The Labute approximate surface area is 141 Å². The molecule has 1 fully saturated rings. The number of Topliss-reactive ketones (excluding diaryl/α,β-unsaturated/α-hetero) is 1. The van der Waals surface area contributed by atoms with E-state index in [0.717, 1.165) is 30.7 Å². The molecule has 0 saturated carbocycles. The van der Waals surface area contributed by atoms with E-state index < -0.39 is 0 Å². The molecule has 2 heterocycles. The van der Waals surface area contributed by atoms with Gasteiger partial charge in [-0.25, -0.2) is 0 Å². The minimum atomic E-state index is -0.0148. The van der Waals surface area contributed by atoms with Gasteiger partial charge in [-0.1, -0.05) is 0 Å². The highest BCUT2D eigenvalue weighted by molar-refractivity contribution is 5.97. The lowest BCUT2D eigenvalue weighted by Crippen LogP contribution is -2.37. The van der Waals surface area contributed by atoms with Gasteiger partial charge in [-0.15, -0.1) is 0 Å². The molecule has 0 spiro atoms. The predicted molar refractivity (Wildman–Crippen MR) is 89.1 cm³/mol. The second-order valence-electron chi connectivity index (χ2n) is 6.05. The lowest BCUT2D eigenvalue weighted by Gasteiger charge is -2.24. The summed E-state index contributed by atoms with van der Waals surface area (Å²) in [5.74, 6) is 0.844. The van der Waals surface area contributed by atoms with Crippen LogP contribution in [0.5, 0.6) is 5.75 Å². The smallest absolute Gasteiger partial charge is 0.227 e. The largest absolute Gasteiger partial charge is 0.497 e. The van der Waals surface area contributed by atoms with E-state index in [0.29, 0.717) is 18.4 Å². The summed E-state index contributed by atoms with van der Waals surface area (Å²) in [5.41, 5.74) is 1.53. The van der Waals surface area contributed by atoms with Crippen molar-refractivity contribution in [1.29, 1.82) is 0 Å². The van der Waals surface area contributed by atoms with Gasteiger partial charge in [0.1, 0.15) is 5.75 Å². The number of ketones is 1. The van der Waals surface area contributed by atoms with E-state index in [1.165, 1.54) is 0 Å². The monoisotopic (exact) mass is 327 g/mol. The van der Waals surface area contributed by atoms with E-state index in [1.807, 2.05) is 4.90 Å². The van der Waals surface area contributed by atoms with Gasteiger partial charge >= 0.3 is 0 Å². The van der Waals surface area contributed by atoms with Crippen molar-refractivity contribution in [2.24, 2.45) is 0 Å². The third kappa shape index (κ3) is 3.67. The molecule has 0 N–H and O–H groups in total. The number of carbonyl (C=O) groups excluding carboxylic acids is 2. The topological polar surface area (TPSA) is 59.8 Å². The summed E-state index contributed by atoms with van der Waals surface area (Å²) in [6.07, 6.45) is 5.66. The number of benzene rings is 1. The van der Waals surface area contributed by atoms with Crippen molar-refractivity contribution >= 4 is 11.7 Å². The van der Waals surface area contributed by atoms with Crippen molar-refractivity contribution in [2.45, 2.75) is 31.7 Å². The fraction of sp³-hybridized carbons (Fsp3) is 0.368. The molecular weight excluding hydrogens is 306 g/mol. The molecule has 0 bridgehead atoms. The number of hydrogen-bond acceptors (Lipinski definition) is 4. The van der Waals surface area contributed by atoms with E-state index in [-0.39, 0.29) is 17.7 Å². The number of carbonyl (C=O) groups is 2. The molecule has 126 valence electrons. The normalized spacial score (nSPS) is 17.0. The number of ether oxygens (including phenoxy) is 1. The first-order valence-electron chi connectivity index (χ1n) is 8.15. The summed E-state index contributed by atoms with van der Waals surface area (Å²) in [4.78, 5) is 26.8. The highest BCUT2D eigenvalue weighted by atomic mass is 16.5. The zero-order valence-electron chi connectivity index (χ0n) is 13.7. The van der Waals surface area contributed by atoms with Crippen LogP contribution in [0.15, 0.2) is 47.3 Å². The Bertz CT molecular complexity index is 691. The van der Waals surface area contributed by atoms with Crippen molar-refractivity contribution in [3.05, 3.63) is 54.0 Å². The summed E-state index contributed by atoms with van der Waals surface area (Å²) in [7, 11) is 1.60. The summed E-state index contributed by atoms with van der Waals surface area (Å²) < 4.78 is 10.1. The third-order valence-corrected chi connectivity index (χ3v) is 4.47. The molecule has 5 heteroatoms. The van der Waals surface area contributed by atoms with E-state index in [1.54, 1.807) is 50.0 Å². The number of amides is 1. The number of furan rings is 1. The van der Waals surface area contributed by atoms with E-state index in [2.05, 4.69) is 0 Å². The number of nitrogens with zero attached hydrogens (tertiary/aromatic N) is 1. The van der Waals surface area contributed by atoms with Crippen molar-refractivity contribution in [1.82, 2.24) is 4.90 Å². The Balaban J connectivity index is 1.62. The van der Waals surface area contributed by atoms with Gasteiger partial charge in [0, 0.05) is 24.6 Å². The van der Waals surface area contributed by atoms with Gasteiger partial charge in [-0.2, -0.15) is 0 Å². The van der Waals surface area contributed by atoms with Crippen LogP contribution in [-0.4, -0.2) is 36.3 Å². The fourth-order valence-electron chi connectivity index (χ4n) is 3.15. The van der Waals surface area contributed by atoms with Crippen LogP contribution in [0.1, 0.15) is 35.2 Å². The summed E-state index contributed by atoms with van der Waals surface area (Å²) >= 11 is 0. The second kappa shape index (κ2) is 7.34. The molecule has 0 unspecified atom stereocenters. The Morgan fingerprint density at radius 2 is 2.04 bits per heavy atom. The molecule has 1 atom stereocenters. The Kier molecular flexibility index (Phi) is 4.99. The molecule has 1 aromatic heterocycles. The fourth-order valence-corrected chi connectivity index (χ4v) is 3.15. The SMILES string of the molecule is COc1ccc(C(=O)C[C@@H]2CCCN2C(=O)Cc2ccoc2)cc1. The number of rotatable bonds is 6. The Morgan fingerprint density at radius 1 is 1.25 bits per heavy atom. The Hall–Kier alpha value is -2.56. The van der Waals surface area contributed by atoms with E-state index in [4.69, 9.17) is 9.15 Å². The van der Waals surface area contributed by atoms with Gasteiger partial charge in [0.05, 0.1) is 26.1 Å². The van der Waals surface area contributed by atoms with Gasteiger partial charge < -0.3 is 14.1 Å². The van der Waals surface area contributed by atoms with Crippen LogP contribution in [0.4, 0.5) is 0 Å². The highest BCUT2D eigenvalue weighted by Gasteiger charge is 2.30. The van der Waals surface area contributed by atoms with Crippen molar-refractivity contribution in [3.8, 4) is 5.75 Å². The molecule has 5 nitrogen and oxygen atoms in total.